The van der Waals surface area contributed by atoms with Crippen molar-refractivity contribution in [3.8, 4) is 17.4 Å². The van der Waals surface area contributed by atoms with Gasteiger partial charge in [0.1, 0.15) is 0 Å². The van der Waals surface area contributed by atoms with Crippen LogP contribution >= 0.6 is 11.6 Å². The first-order valence-electron chi connectivity index (χ1n) is 6.77. The molecule has 120 valence electrons. The van der Waals surface area contributed by atoms with Crippen molar-refractivity contribution in [1.82, 2.24) is 4.98 Å². The smallest absolute Gasteiger partial charge is 0.312 e. The standard InChI is InChI=1S/C16H10ClN3O4/c17-11-3-1-10(2-4-11)15-19-14(16(21)24-15)9-18-12-5-7-13(8-6-12)20(22)23/h1-9,21H. The SMILES string of the molecule is O=[N+]([O-])c1ccc(N=Cc2nc(-c3ccc(Cl)cc3)oc2O)cc1. The van der Waals surface area contributed by atoms with Gasteiger partial charge in [-0.3, -0.25) is 15.1 Å². The van der Waals surface area contributed by atoms with Crippen LogP contribution in [0.1, 0.15) is 5.69 Å². The van der Waals surface area contributed by atoms with Crippen LogP contribution in [0.15, 0.2) is 57.9 Å². The highest BCUT2D eigenvalue weighted by molar-refractivity contribution is 6.30. The van der Waals surface area contributed by atoms with Crippen LogP contribution < -0.4 is 0 Å². The molecule has 0 atom stereocenters. The molecule has 2 aromatic carbocycles. The van der Waals surface area contributed by atoms with Crippen molar-refractivity contribution in [2.24, 2.45) is 4.99 Å². The van der Waals surface area contributed by atoms with Crippen molar-refractivity contribution in [2.45, 2.75) is 0 Å². The van der Waals surface area contributed by atoms with Gasteiger partial charge in [0.25, 0.3) is 5.69 Å². The Hall–Kier alpha value is -3.19. The number of aromatic hydroxyl groups is 1. The first-order valence-corrected chi connectivity index (χ1v) is 7.15. The monoisotopic (exact) mass is 343 g/mol. The van der Waals surface area contributed by atoms with Crippen molar-refractivity contribution in [3.63, 3.8) is 0 Å². The Balaban J connectivity index is 1.82. The van der Waals surface area contributed by atoms with E-state index in [4.69, 9.17) is 16.0 Å². The Bertz CT molecular complexity index is 902. The van der Waals surface area contributed by atoms with Gasteiger partial charge in [0.05, 0.1) is 16.8 Å². The number of oxazole rings is 1. The van der Waals surface area contributed by atoms with E-state index in [1.807, 2.05) is 0 Å². The fourth-order valence-electron chi connectivity index (χ4n) is 1.92. The van der Waals surface area contributed by atoms with Crippen LogP contribution in [0.4, 0.5) is 11.4 Å². The minimum absolute atomic E-state index is 0.0248. The Labute approximate surface area is 141 Å². The second kappa shape index (κ2) is 6.51. The average molecular weight is 344 g/mol. The molecule has 1 heterocycles. The van der Waals surface area contributed by atoms with Crippen LogP contribution in [-0.2, 0) is 0 Å². The highest BCUT2D eigenvalue weighted by atomic mass is 35.5. The summed E-state index contributed by atoms with van der Waals surface area (Å²) in [6.07, 6.45) is 1.32. The van der Waals surface area contributed by atoms with Crippen LogP contribution in [0, 0.1) is 10.1 Å². The Morgan fingerprint density at radius 2 is 1.83 bits per heavy atom. The highest BCUT2D eigenvalue weighted by Crippen LogP contribution is 2.27. The molecule has 3 rings (SSSR count). The summed E-state index contributed by atoms with van der Waals surface area (Å²) in [7, 11) is 0. The molecule has 0 spiro atoms. The van der Waals surface area contributed by atoms with Crippen molar-refractivity contribution in [1.29, 1.82) is 0 Å². The zero-order chi connectivity index (χ0) is 17.1. The summed E-state index contributed by atoms with van der Waals surface area (Å²) in [5.74, 6) is -0.139. The largest absolute Gasteiger partial charge is 0.479 e. The molecule has 24 heavy (non-hydrogen) atoms. The van der Waals surface area contributed by atoms with Crippen LogP contribution in [-0.4, -0.2) is 21.2 Å². The van der Waals surface area contributed by atoms with E-state index in [0.29, 0.717) is 16.3 Å². The van der Waals surface area contributed by atoms with Gasteiger partial charge in [0, 0.05) is 22.7 Å². The molecule has 8 heteroatoms. The molecule has 7 nitrogen and oxygen atoms in total. The fourth-order valence-corrected chi connectivity index (χ4v) is 2.05. The molecule has 0 unspecified atom stereocenters. The molecule has 0 saturated heterocycles. The molecule has 0 aliphatic rings. The quantitative estimate of drug-likeness (QED) is 0.430. The van der Waals surface area contributed by atoms with Crippen LogP contribution in [0.2, 0.25) is 5.02 Å². The van der Waals surface area contributed by atoms with Gasteiger partial charge in [-0.1, -0.05) is 11.6 Å². The minimum Gasteiger partial charge on any atom is -0.479 e. The zero-order valence-corrected chi connectivity index (χ0v) is 12.8. The lowest BCUT2D eigenvalue weighted by Crippen LogP contribution is -1.86. The number of aromatic nitrogens is 1. The van der Waals surface area contributed by atoms with Gasteiger partial charge in [-0.2, -0.15) is 0 Å². The topological polar surface area (TPSA) is 102 Å². The maximum absolute atomic E-state index is 10.6. The zero-order valence-electron chi connectivity index (χ0n) is 12.1. The third-order valence-corrected chi connectivity index (χ3v) is 3.37. The second-order valence-electron chi connectivity index (χ2n) is 4.75. The first-order chi connectivity index (χ1) is 11.5. The van der Waals surface area contributed by atoms with Crippen LogP contribution in [0.3, 0.4) is 0 Å². The molecule has 0 saturated carbocycles. The van der Waals surface area contributed by atoms with Gasteiger partial charge >= 0.3 is 5.95 Å². The molecule has 0 radical (unpaired) electrons. The van der Waals surface area contributed by atoms with Crippen molar-refractivity contribution >= 4 is 29.2 Å². The number of hydrogen-bond donors (Lipinski definition) is 1. The first kappa shape index (κ1) is 15.7. The van der Waals surface area contributed by atoms with Gasteiger partial charge in [-0.15, -0.1) is 0 Å². The minimum atomic E-state index is -0.491. The van der Waals surface area contributed by atoms with E-state index in [2.05, 4.69) is 9.98 Å². The Morgan fingerprint density at radius 1 is 1.17 bits per heavy atom. The van der Waals surface area contributed by atoms with Crippen molar-refractivity contribution < 1.29 is 14.4 Å². The molecule has 0 aliphatic heterocycles. The number of rotatable bonds is 4. The molecule has 3 aromatic rings. The fraction of sp³-hybridized carbons (Fsp3) is 0. The summed E-state index contributed by atoms with van der Waals surface area (Å²) >= 11 is 5.82. The maximum Gasteiger partial charge on any atom is 0.312 e. The number of aliphatic imine (C=N–C) groups is 1. The summed E-state index contributed by atoms with van der Waals surface area (Å²) < 4.78 is 5.20. The summed E-state index contributed by atoms with van der Waals surface area (Å²) in [5, 5.41) is 21.0. The van der Waals surface area contributed by atoms with E-state index in [1.54, 1.807) is 24.3 Å². The molecular formula is C16H10ClN3O4. The summed E-state index contributed by atoms with van der Waals surface area (Å²) in [6, 6.07) is 12.5. The van der Waals surface area contributed by atoms with E-state index >= 15 is 0 Å². The molecular weight excluding hydrogens is 334 g/mol. The van der Waals surface area contributed by atoms with E-state index in [-0.39, 0.29) is 23.2 Å². The molecule has 0 fully saturated rings. The predicted molar refractivity (Wildman–Crippen MR) is 89.0 cm³/mol. The summed E-state index contributed by atoms with van der Waals surface area (Å²) in [4.78, 5) is 18.4. The normalized spacial score (nSPS) is 11.0. The Morgan fingerprint density at radius 3 is 2.46 bits per heavy atom. The number of nitro groups is 1. The van der Waals surface area contributed by atoms with Crippen LogP contribution in [0.5, 0.6) is 5.95 Å². The highest BCUT2D eigenvalue weighted by Gasteiger charge is 2.12. The molecule has 0 aliphatic carbocycles. The Kier molecular flexibility index (Phi) is 4.26. The average Bonchev–Trinajstić information content (AvgIpc) is 2.95. The maximum atomic E-state index is 10.6. The molecule has 1 aromatic heterocycles. The predicted octanol–water partition coefficient (Wildman–Crippen LogP) is 4.36. The second-order valence-corrected chi connectivity index (χ2v) is 5.18. The summed E-state index contributed by atoms with van der Waals surface area (Å²) in [6.45, 7) is 0. The summed E-state index contributed by atoms with van der Waals surface area (Å²) in [5.41, 5.74) is 1.27. The van der Waals surface area contributed by atoms with Gasteiger partial charge in [-0.25, -0.2) is 4.98 Å². The number of nitro benzene ring substituents is 1. The van der Waals surface area contributed by atoms with E-state index < -0.39 is 4.92 Å². The number of halogens is 1. The van der Waals surface area contributed by atoms with E-state index in [1.165, 1.54) is 30.5 Å². The number of hydrogen-bond acceptors (Lipinski definition) is 6. The van der Waals surface area contributed by atoms with Gasteiger partial charge < -0.3 is 9.52 Å². The molecule has 0 bridgehead atoms. The van der Waals surface area contributed by atoms with Gasteiger partial charge in [-0.05, 0) is 36.4 Å². The van der Waals surface area contributed by atoms with Crippen LogP contribution in [0.25, 0.3) is 11.5 Å². The van der Waals surface area contributed by atoms with Crippen molar-refractivity contribution in [2.75, 3.05) is 0 Å². The molecule has 1 N–H and O–H groups in total. The third kappa shape index (κ3) is 3.41. The molecule has 0 amide bonds. The van der Waals surface area contributed by atoms with Gasteiger partial charge in [0.2, 0.25) is 5.89 Å². The lowest BCUT2D eigenvalue weighted by Gasteiger charge is -1.94. The van der Waals surface area contributed by atoms with Gasteiger partial charge in [0.15, 0.2) is 5.69 Å². The lowest BCUT2D eigenvalue weighted by atomic mass is 10.2. The lowest BCUT2D eigenvalue weighted by molar-refractivity contribution is -0.384. The number of benzene rings is 2. The number of non-ortho nitro benzene ring substituents is 1. The van der Waals surface area contributed by atoms with E-state index in [0.717, 1.165) is 0 Å². The number of nitrogens with zero attached hydrogens (tertiary/aromatic N) is 3. The third-order valence-electron chi connectivity index (χ3n) is 3.12. The van der Waals surface area contributed by atoms with E-state index in [9.17, 15) is 15.2 Å². The van der Waals surface area contributed by atoms with Crippen molar-refractivity contribution in [3.05, 3.63) is 69.4 Å².